The molecule has 26 heavy (non-hydrogen) atoms. The number of anilines is 1. The monoisotopic (exact) mass is 361 g/mol. The average Bonchev–Trinajstić information content (AvgIpc) is 3.18. The predicted octanol–water partition coefficient (Wildman–Crippen LogP) is 1.18. The van der Waals surface area contributed by atoms with Gasteiger partial charge >= 0.3 is 0 Å². The molecule has 142 valence electrons. The molecule has 1 saturated carbocycles. The molecule has 4 N–H and O–H groups in total. The number of carbonyl (C=O) groups is 2. The minimum atomic E-state index is -0.416. The van der Waals surface area contributed by atoms with Gasteiger partial charge in [0.2, 0.25) is 11.8 Å². The second-order valence-electron chi connectivity index (χ2n) is 6.95. The second kappa shape index (κ2) is 9.00. The van der Waals surface area contributed by atoms with Crippen LogP contribution in [0.5, 0.6) is 5.75 Å². The van der Waals surface area contributed by atoms with Crippen LogP contribution in [-0.4, -0.2) is 48.3 Å². The van der Waals surface area contributed by atoms with Crippen LogP contribution in [0.3, 0.4) is 0 Å². The van der Waals surface area contributed by atoms with Crippen LogP contribution in [0.2, 0.25) is 0 Å². The first-order valence-corrected chi connectivity index (χ1v) is 9.37. The third-order valence-electron chi connectivity index (χ3n) is 4.89. The van der Waals surface area contributed by atoms with Crippen molar-refractivity contribution in [2.45, 2.75) is 56.8 Å². The molecule has 0 radical (unpaired) electrons. The van der Waals surface area contributed by atoms with Crippen molar-refractivity contribution in [2.75, 3.05) is 18.4 Å². The lowest BCUT2D eigenvalue weighted by molar-refractivity contribution is -0.125. The largest absolute Gasteiger partial charge is 0.488 e. The highest BCUT2D eigenvalue weighted by molar-refractivity contribution is 5.95. The molecule has 1 saturated heterocycles. The molecule has 1 aromatic rings. The quantitative estimate of drug-likeness (QED) is 0.610. The second-order valence-corrected chi connectivity index (χ2v) is 6.95. The summed E-state index contributed by atoms with van der Waals surface area (Å²) in [4.78, 5) is 23.8. The first-order chi connectivity index (χ1) is 12.6. The lowest BCUT2D eigenvalue weighted by Crippen LogP contribution is -2.43. The first kappa shape index (κ1) is 18.7. The molecule has 2 amide bonds. The van der Waals surface area contributed by atoms with Gasteiger partial charge in [0.05, 0.1) is 18.7 Å². The molecule has 3 atom stereocenters. The zero-order valence-corrected chi connectivity index (χ0v) is 14.9. The number of rotatable bonds is 6. The molecular weight excluding hydrogens is 334 g/mol. The SMILES string of the molecule is O=C(CNC(=O)C1CCCN1)Nc1ccc(OC2CCCCC2O)cc1. The Balaban J connectivity index is 1.43. The van der Waals surface area contributed by atoms with E-state index in [4.69, 9.17) is 4.74 Å². The molecule has 1 aromatic carbocycles. The van der Waals surface area contributed by atoms with Gasteiger partial charge in [0.25, 0.3) is 0 Å². The Kier molecular flexibility index (Phi) is 6.46. The van der Waals surface area contributed by atoms with Crippen LogP contribution < -0.4 is 20.7 Å². The van der Waals surface area contributed by atoms with E-state index in [2.05, 4.69) is 16.0 Å². The summed E-state index contributed by atoms with van der Waals surface area (Å²) in [5.74, 6) is 0.273. The van der Waals surface area contributed by atoms with Gasteiger partial charge in [-0.3, -0.25) is 9.59 Å². The third-order valence-corrected chi connectivity index (χ3v) is 4.89. The first-order valence-electron chi connectivity index (χ1n) is 9.37. The van der Waals surface area contributed by atoms with Crippen molar-refractivity contribution in [3.8, 4) is 5.75 Å². The fourth-order valence-corrected chi connectivity index (χ4v) is 3.41. The van der Waals surface area contributed by atoms with Crippen molar-refractivity contribution in [1.29, 1.82) is 0 Å². The summed E-state index contributed by atoms with van der Waals surface area (Å²) in [6.45, 7) is 0.792. The van der Waals surface area contributed by atoms with Gasteiger partial charge in [0.1, 0.15) is 11.9 Å². The van der Waals surface area contributed by atoms with Gasteiger partial charge in [-0.05, 0) is 62.9 Å². The molecule has 2 aliphatic rings. The number of amides is 2. The Labute approximate surface area is 153 Å². The zero-order chi connectivity index (χ0) is 18.4. The van der Waals surface area contributed by atoms with Crippen LogP contribution >= 0.6 is 0 Å². The maximum atomic E-state index is 12.0. The predicted molar refractivity (Wildman–Crippen MR) is 98.0 cm³/mol. The zero-order valence-electron chi connectivity index (χ0n) is 14.9. The van der Waals surface area contributed by atoms with Crippen molar-refractivity contribution in [2.24, 2.45) is 0 Å². The van der Waals surface area contributed by atoms with Crippen LogP contribution in [-0.2, 0) is 9.59 Å². The summed E-state index contributed by atoms with van der Waals surface area (Å²) < 4.78 is 5.84. The third kappa shape index (κ3) is 5.19. The fraction of sp³-hybridized carbons (Fsp3) is 0.579. The molecule has 2 fully saturated rings. The van der Waals surface area contributed by atoms with Crippen LogP contribution in [0.15, 0.2) is 24.3 Å². The summed E-state index contributed by atoms with van der Waals surface area (Å²) in [7, 11) is 0. The molecule has 7 heteroatoms. The van der Waals surface area contributed by atoms with Crippen molar-refractivity contribution >= 4 is 17.5 Å². The van der Waals surface area contributed by atoms with Gasteiger partial charge in [-0.2, -0.15) is 0 Å². The maximum Gasteiger partial charge on any atom is 0.243 e. The smallest absolute Gasteiger partial charge is 0.243 e. The highest BCUT2D eigenvalue weighted by Gasteiger charge is 2.24. The van der Waals surface area contributed by atoms with Crippen LogP contribution in [0.4, 0.5) is 5.69 Å². The molecule has 1 heterocycles. The number of nitrogens with one attached hydrogen (secondary N) is 3. The molecule has 0 aromatic heterocycles. The Morgan fingerprint density at radius 2 is 1.88 bits per heavy atom. The van der Waals surface area contributed by atoms with Crippen molar-refractivity contribution in [1.82, 2.24) is 10.6 Å². The number of carbonyl (C=O) groups excluding carboxylic acids is 2. The minimum absolute atomic E-state index is 0.0521. The van der Waals surface area contributed by atoms with Gasteiger partial charge in [-0.15, -0.1) is 0 Å². The van der Waals surface area contributed by atoms with Crippen LogP contribution in [0.25, 0.3) is 0 Å². The van der Waals surface area contributed by atoms with Gasteiger partial charge in [0.15, 0.2) is 0 Å². The molecule has 0 spiro atoms. The van der Waals surface area contributed by atoms with E-state index in [1.807, 2.05) is 0 Å². The number of hydrogen-bond donors (Lipinski definition) is 4. The van der Waals surface area contributed by atoms with E-state index in [1.165, 1.54) is 0 Å². The number of benzene rings is 1. The summed E-state index contributed by atoms with van der Waals surface area (Å²) in [6, 6.07) is 6.87. The fourth-order valence-electron chi connectivity index (χ4n) is 3.41. The highest BCUT2D eigenvalue weighted by atomic mass is 16.5. The highest BCUT2D eigenvalue weighted by Crippen LogP contribution is 2.24. The normalized spacial score (nSPS) is 25.5. The molecule has 3 rings (SSSR count). The number of aliphatic hydroxyl groups excluding tert-OH is 1. The Hall–Kier alpha value is -2.12. The van der Waals surface area contributed by atoms with Gasteiger partial charge in [-0.1, -0.05) is 6.42 Å². The van der Waals surface area contributed by atoms with E-state index < -0.39 is 6.10 Å². The van der Waals surface area contributed by atoms with E-state index in [1.54, 1.807) is 24.3 Å². The Bertz CT molecular complexity index is 614. The van der Waals surface area contributed by atoms with Crippen molar-refractivity contribution in [3.05, 3.63) is 24.3 Å². The molecule has 1 aliphatic carbocycles. The van der Waals surface area contributed by atoms with E-state index >= 15 is 0 Å². The van der Waals surface area contributed by atoms with E-state index in [0.717, 1.165) is 45.1 Å². The minimum Gasteiger partial charge on any atom is -0.488 e. The standard InChI is InChI=1S/C19H27N3O4/c23-16-5-1-2-6-17(16)26-14-9-7-13(8-10-14)22-18(24)12-21-19(25)15-4-3-11-20-15/h7-10,15-17,20,23H,1-6,11-12H2,(H,21,25)(H,22,24). The summed E-state index contributed by atoms with van der Waals surface area (Å²) in [6.07, 6.45) is 4.96. The van der Waals surface area contributed by atoms with Gasteiger partial charge in [0, 0.05) is 5.69 Å². The van der Waals surface area contributed by atoms with Gasteiger partial charge in [-0.25, -0.2) is 0 Å². The molecule has 0 bridgehead atoms. The van der Waals surface area contributed by atoms with E-state index in [9.17, 15) is 14.7 Å². The number of ether oxygens (including phenoxy) is 1. The number of hydrogen-bond acceptors (Lipinski definition) is 5. The molecule has 7 nitrogen and oxygen atoms in total. The van der Waals surface area contributed by atoms with Gasteiger partial charge < -0.3 is 25.8 Å². The van der Waals surface area contributed by atoms with E-state index in [0.29, 0.717) is 11.4 Å². The topological polar surface area (TPSA) is 99.7 Å². The van der Waals surface area contributed by atoms with Crippen molar-refractivity contribution < 1.29 is 19.4 Å². The van der Waals surface area contributed by atoms with Crippen LogP contribution in [0.1, 0.15) is 38.5 Å². The van der Waals surface area contributed by atoms with Crippen molar-refractivity contribution in [3.63, 3.8) is 0 Å². The Morgan fingerprint density at radius 3 is 2.58 bits per heavy atom. The summed E-state index contributed by atoms with van der Waals surface area (Å²) in [5.41, 5.74) is 0.639. The Morgan fingerprint density at radius 1 is 1.12 bits per heavy atom. The average molecular weight is 361 g/mol. The van der Waals surface area contributed by atoms with Crippen LogP contribution in [0, 0.1) is 0 Å². The lowest BCUT2D eigenvalue weighted by atomic mass is 9.95. The van der Waals surface area contributed by atoms with E-state index in [-0.39, 0.29) is 30.5 Å². The lowest BCUT2D eigenvalue weighted by Gasteiger charge is -2.28. The summed E-state index contributed by atoms with van der Waals surface area (Å²) >= 11 is 0. The molecule has 1 aliphatic heterocycles. The maximum absolute atomic E-state index is 12.0. The molecular formula is C19H27N3O4. The number of aliphatic hydroxyl groups is 1. The molecule has 3 unspecified atom stereocenters. The summed E-state index contributed by atoms with van der Waals surface area (Å²) in [5, 5.41) is 18.5.